The molecule has 8 heteroatoms. The van der Waals surface area contributed by atoms with E-state index in [0.717, 1.165) is 15.4 Å². The Labute approximate surface area is 206 Å². The highest BCUT2D eigenvalue weighted by molar-refractivity contribution is 7.89. The molecule has 0 aliphatic heterocycles. The molecule has 0 aliphatic carbocycles. The summed E-state index contributed by atoms with van der Waals surface area (Å²) in [6.07, 6.45) is 1.53. The van der Waals surface area contributed by atoms with Gasteiger partial charge in [0.1, 0.15) is 0 Å². The SMILES string of the molecule is CC(C)(C)c1ccc(/C=N/NC(=O)CN(Cc2ccccc2)S(=O)(=O)c2ccc(Cl)cc2)cc1. The summed E-state index contributed by atoms with van der Waals surface area (Å²) in [7, 11) is -3.95. The molecule has 0 saturated heterocycles. The highest BCUT2D eigenvalue weighted by Gasteiger charge is 2.27. The van der Waals surface area contributed by atoms with Gasteiger partial charge in [0.05, 0.1) is 17.7 Å². The number of hydrogen-bond donors (Lipinski definition) is 1. The first-order valence-corrected chi connectivity index (χ1v) is 12.6. The molecule has 0 aromatic heterocycles. The van der Waals surface area contributed by atoms with Gasteiger partial charge in [-0.15, -0.1) is 0 Å². The van der Waals surface area contributed by atoms with Crippen LogP contribution in [0.5, 0.6) is 0 Å². The van der Waals surface area contributed by atoms with Crippen molar-refractivity contribution in [2.24, 2.45) is 5.10 Å². The maximum absolute atomic E-state index is 13.3. The molecule has 0 atom stereocenters. The van der Waals surface area contributed by atoms with Crippen molar-refractivity contribution in [3.63, 3.8) is 0 Å². The molecule has 0 fully saturated rings. The zero-order valence-corrected chi connectivity index (χ0v) is 21.0. The number of sulfonamides is 1. The first-order valence-electron chi connectivity index (χ1n) is 10.8. The second kappa shape index (κ2) is 11.0. The third kappa shape index (κ3) is 7.00. The van der Waals surface area contributed by atoms with Crippen LogP contribution in [0.25, 0.3) is 0 Å². The summed E-state index contributed by atoms with van der Waals surface area (Å²) >= 11 is 5.91. The fraction of sp³-hybridized carbons (Fsp3) is 0.231. The van der Waals surface area contributed by atoms with Crippen molar-refractivity contribution in [1.82, 2.24) is 9.73 Å². The number of halogens is 1. The number of amides is 1. The van der Waals surface area contributed by atoms with E-state index in [1.807, 2.05) is 54.6 Å². The van der Waals surface area contributed by atoms with Crippen molar-refractivity contribution in [3.8, 4) is 0 Å². The van der Waals surface area contributed by atoms with Crippen molar-refractivity contribution in [2.45, 2.75) is 37.6 Å². The summed E-state index contributed by atoms with van der Waals surface area (Å²) in [6.45, 7) is 6.05. The zero-order chi connectivity index (χ0) is 24.8. The van der Waals surface area contributed by atoms with Gasteiger partial charge in [-0.05, 0) is 46.4 Å². The molecule has 0 heterocycles. The van der Waals surface area contributed by atoms with Gasteiger partial charge in [0.25, 0.3) is 5.91 Å². The van der Waals surface area contributed by atoms with E-state index < -0.39 is 15.9 Å². The minimum Gasteiger partial charge on any atom is -0.272 e. The predicted molar refractivity (Wildman–Crippen MR) is 136 cm³/mol. The molecule has 3 aromatic carbocycles. The Kier molecular flexibility index (Phi) is 8.25. The summed E-state index contributed by atoms with van der Waals surface area (Å²) in [5.41, 5.74) is 5.25. The topological polar surface area (TPSA) is 78.8 Å². The molecular weight excluding hydrogens is 470 g/mol. The van der Waals surface area contributed by atoms with Crippen LogP contribution >= 0.6 is 11.6 Å². The second-order valence-electron chi connectivity index (χ2n) is 8.88. The van der Waals surface area contributed by atoms with Gasteiger partial charge in [0, 0.05) is 11.6 Å². The van der Waals surface area contributed by atoms with Crippen molar-refractivity contribution in [1.29, 1.82) is 0 Å². The normalized spacial score (nSPS) is 12.3. The van der Waals surface area contributed by atoms with Crippen molar-refractivity contribution >= 4 is 33.7 Å². The van der Waals surface area contributed by atoms with Crippen LogP contribution < -0.4 is 5.43 Å². The largest absolute Gasteiger partial charge is 0.272 e. The lowest BCUT2D eigenvalue weighted by Gasteiger charge is -2.21. The van der Waals surface area contributed by atoms with Gasteiger partial charge in [-0.25, -0.2) is 13.8 Å². The molecule has 0 spiro atoms. The monoisotopic (exact) mass is 497 g/mol. The number of nitrogens with zero attached hydrogens (tertiary/aromatic N) is 2. The van der Waals surface area contributed by atoms with Gasteiger partial charge in [0.15, 0.2) is 0 Å². The molecule has 0 saturated carbocycles. The number of hydrogen-bond acceptors (Lipinski definition) is 4. The van der Waals surface area contributed by atoms with Crippen LogP contribution in [-0.4, -0.2) is 31.4 Å². The Bertz CT molecular complexity index is 1240. The fourth-order valence-corrected chi connectivity index (χ4v) is 4.72. The molecule has 3 aromatic rings. The van der Waals surface area contributed by atoms with Gasteiger partial charge in [-0.1, -0.05) is 87.0 Å². The van der Waals surface area contributed by atoms with Gasteiger partial charge in [-0.2, -0.15) is 9.41 Å². The lowest BCUT2D eigenvalue weighted by molar-refractivity contribution is -0.121. The lowest BCUT2D eigenvalue weighted by Crippen LogP contribution is -2.39. The number of nitrogens with one attached hydrogen (secondary N) is 1. The van der Waals surface area contributed by atoms with E-state index in [1.54, 1.807) is 0 Å². The third-order valence-corrected chi connectivity index (χ3v) is 7.21. The summed E-state index contributed by atoms with van der Waals surface area (Å²) in [6, 6.07) is 22.8. The number of benzene rings is 3. The van der Waals surface area contributed by atoms with Crippen molar-refractivity contribution in [2.75, 3.05) is 6.54 Å². The Morgan fingerprint density at radius 2 is 1.59 bits per heavy atom. The maximum Gasteiger partial charge on any atom is 0.255 e. The average molecular weight is 498 g/mol. The Morgan fingerprint density at radius 3 is 2.18 bits per heavy atom. The van der Waals surface area contributed by atoms with E-state index in [9.17, 15) is 13.2 Å². The van der Waals surface area contributed by atoms with E-state index in [4.69, 9.17) is 11.6 Å². The molecule has 6 nitrogen and oxygen atoms in total. The van der Waals surface area contributed by atoms with E-state index in [1.165, 1.54) is 36.0 Å². The molecule has 0 unspecified atom stereocenters. The highest BCUT2D eigenvalue weighted by atomic mass is 35.5. The Hall–Kier alpha value is -3.00. The summed E-state index contributed by atoms with van der Waals surface area (Å²) in [4.78, 5) is 12.7. The molecule has 34 heavy (non-hydrogen) atoms. The first-order chi connectivity index (χ1) is 16.1. The van der Waals surface area contributed by atoms with Crippen LogP contribution in [0.4, 0.5) is 0 Å². The van der Waals surface area contributed by atoms with Gasteiger partial charge >= 0.3 is 0 Å². The molecule has 1 amide bonds. The van der Waals surface area contributed by atoms with Gasteiger partial charge in [0.2, 0.25) is 10.0 Å². The van der Waals surface area contributed by atoms with E-state index >= 15 is 0 Å². The minimum atomic E-state index is -3.95. The molecule has 0 bridgehead atoms. The average Bonchev–Trinajstić information content (AvgIpc) is 2.79. The minimum absolute atomic E-state index is 0.0389. The Morgan fingerprint density at radius 1 is 0.971 bits per heavy atom. The van der Waals surface area contributed by atoms with E-state index in [-0.39, 0.29) is 23.4 Å². The van der Waals surface area contributed by atoms with Crippen molar-refractivity contribution < 1.29 is 13.2 Å². The number of rotatable bonds is 8. The lowest BCUT2D eigenvalue weighted by atomic mass is 9.87. The third-order valence-electron chi connectivity index (χ3n) is 5.15. The Balaban J connectivity index is 1.73. The highest BCUT2D eigenvalue weighted by Crippen LogP contribution is 2.22. The van der Waals surface area contributed by atoms with Crippen molar-refractivity contribution in [3.05, 3.63) is 101 Å². The van der Waals surface area contributed by atoms with Gasteiger partial charge < -0.3 is 0 Å². The summed E-state index contributed by atoms with van der Waals surface area (Å²) in [5.74, 6) is -0.545. The summed E-state index contributed by atoms with van der Waals surface area (Å²) < 4.78 is 27.6. The number of carbonyl (C=O) groups excluding carboxylic acids is 1. The van der Waals surface area contributed by atoms with Crippen LogP contribution in [0.3, 0.4) is 0 Å². The summed E-state index contributed by atoms with van der Waals surface area (Å²) in [5, 5.41) is 4.42. The zero-order valence-electron chi connectivity index (χ0n) is 19.4. The second-order valence-corrected chi connectivity index (χ2v) is 11.3. The smallest absolute Gasteiger partial charge is 0.255 e. The molecule has 0 aliphatic rings. The standard InChI is InChI=1S/C26H28ClN3O3S/c1-26(2,3)22-11-9-20(10-12-22)17-28-29-25(31)19-30(18-21-7-5-4-6-8-21)34(32,33)24-15-13-23(27)14-16-24/h4-17H,18-19H2,1-3H3,(H,29,31)/b28-17+. The first kappa shape index (κ1) is 25.6. The van der Waals surface area contributed by atoms with E-state index in [2.05, 4.69) is 31.3 Å². The molecule has 0 radical (unpaired) electrons. The van der Waals surface area contributed by atoms with Crippen LogP contribution in [0, 0.1) is 0 Å². The predicted octanol–water partition coefficient (Wildman–Crippen LogP) is 4.98. The molecular formula is C26H28ClN3O3S. The molecule has 178 valence electrons. The van der Waals surface area contributed by atoms with Gasteiger partial charge in [-0.3, -0.25) is 4.79 Å². The van der Waals surface area contributed by atoms with Crippen LogP contribution in [0.2, 0.25) is 5.02 Å². The molecule has 3 rings (SSSR count). The van der Waals surface area contributed by atoms with Crippen LogP contribution in [0.1, 0.15) is 37.5 Å². The van der Waals surface area contributed by atoms with Crippen LogP contribution in [-0.2, 0) is 26.8 Å². The van der Waals surface area contributed by atoms with Crippen LogP contribution in [0.15, 0.2) is 88.9 Å². The molecule has 1 N–H and O–H groups in total. The number of carbonyl (C=O) groups is 1. The number of hydrazone groups is 1. The quantitative estimate of drug-likeness (QED) is 0.352. The maximum atomic E-state index is 13.3. The van der Waals surface area contributed by atoms with E-state index in [0.29, 0.717) is 5.02 Å². The fourth-order valence-electron chi connectivity index (χ4n) is 3.21.